The van der Waals surface area contributed by atoms with Crippen LogP contribution in [0.2, 0.25) is 0 Å². The zero-order valence-electron chi connectivity index (χ0n) is 23.9. The molecule has 9 heteroatoms. The van der Waals surface area contributed by atoms with E-state index in [-0.39, 0.29) is 23.7 Å². The second-order valence-electron chi connectivity index (χ2n) is 12.9. The maximum absolute atomic E-state index is 13.0. The molecule has 0 N–H and O–H groups in total. The van der Waals surface area contributed by atoms with Gasteiger partial charge in [0.1, 0.15) is 0 Å². The molecule has 0 aromatic heterocycles. The first kappa shape index (κ1) is 30.1. The summed E-state index contributed by atoms with van der Waals surface area (Å²) in [5.74, 6) is 1.94. The molecule has 4 fully saturated rings. The van der Waals surface area contributed by atoms with E-state index in [0.717, 1.165) is 57.7 Å². The van der Waals surface area contributed by atoms with Crippen LogP contribution in [0.5, 0.6) is 0 Å². The quantitative estimate of drug-likeness (QED) is 0.450. The second-order valence-corrected chi connectivity index (χ2v) is 14.9. The van der Waals surface area contributed by atoms with Crippen molar-refractivity contribution in [1.29, 1.82) is 0 Å². The number of halogens is 1. The first-order chi connectivity index (χ1) is 19.2. The Bertz CT molecular complexity index is 1340. The molecule has 3 aliphatic heterocycles. The molecule has 0 unspecified atom stereocenters. The lowest BCUT2D eigenvalue weighted by Gasteiger charge is -2.40. The third kappa shape index (κ3) is 6.98. The summed E-state index contributed by atoms with van der Waals surface area (Å²) >= 11 is 0. The first-order valence-corrected chi connectivity index (χ1v) is 16.7. The number of piperidine rings is 1. The number of hydrogen-bond acceptors (Lipinski definition) is 5. The lowest BCUT2D eigenvalue weighted by Crippen LogP contribution is -2.44. The Labute approximate surface area is 250 Å². The van der Waals surface area contributed by atoms with Crippen LogP contribution >= 0.6 is 12.4 Å². The predicted octanol–water partition coefficient (Wildman–Crippen LogP) is 4.37. The van der Waals surface area contributed by atoms with Crippen molar-refractivity contribution >= 4 is 34.1 Å². The molecule has 222 valence electrons. The Morgan fingerprint density at radius 1 is 0.976 bits per heavy atom. The van der Waals surface area contributed by atoms with E-state index in [1.165, 1.54) is 24.7 Å². The minimum atomic E-state index is -3.23. The molecular formula is C32H42ClN3O4S. The Kier molecular flexibility index (Phi) is 8.84. The van der Waals surface area contributed by atoms with Crippen molar-refractivity contribution in [3.63, 3.8) is 0 Å². The molecule has 2 atom stereocenters. The van der Waals surface area contributed by atoms with Gasteiger partial charge in [-0.3, -0.25) is 9.59 Å². The highest BCUT2D eigenvalue weighted by Crippen LogP contribution is 2.43. The van der Waals surface area contributed by atoms with E-state index in [0.29, 0.717) is 47.9 Å². The molecule has 2 aromatic rings. The molecule has 1 saturated carbocycles. The van der Waals surface area contributed by atoms with Gasteiger partial charge in [0.25, 0.3) is 0 Å². The molecule has 2 amide bonds. The Balaban J connectivity index is 0.00000337. The van der Waals surface area contributed by atoms with Crippen molar-refractivity contribution in [2.75, 3.05) is 45.5 Å². The normalized spacial score (nSPS) is 24.6. The summed E-state index contributed by atoms with van der Waals surface area (Å²) in [6.07, 6.45) is 6.95. The Morgan fingerprint density at radius 3 is 2.29 bits per heavy atom. The van der Waals surface area contributed by atoms with Gasteiger partial charge in [-0.25, -0.2) is 8.42 Å². The van der Waals surface area contributed by atoms with Crippen LogP contribution in [0.15, 0.2) is 59.5 Å². The summed E-state index contributed by atoms with van der Waals surface area (Å²) in [5.41, 5.74) is 2.33. The standard InChI is InChI=1S/C32H41N3O4S.ClH/c1-40(38,39)28-11-9-25(10-12-28)19-35-23-32(18-31(35)37)13-15-33(16-14-32)20-27-21-34(30(36)17-24-7-8-24)22-29(27)26-5-3-2-4-6-26;/h2-6,9-12,24,27,29H,7-8,13-23H2,1H3;1H/t27-,29+;/m0./s1. The molecule has 7 nitrogen and oxygen atoms in total. The van der Waals surface area contributed by atoms with Crippen LogP contribution < -0.4 is 0 Å². The van der Waals surface area contributed by atoms with Gasteiger partial charge in [-0.05, 0) is 79.3 Å². The average molecular weight is 600 g/mol. The number of rotatable bonds is 8. The zero-order chi connectivity index (χ0) is 27.9. The minimum Gasteiger partial charge on any atom is -0.342 e. The average Bonchev–Trinajstić information content (AvgIpc) is 3.57. The molecular weight excluding hydrogens is 558 g/mol. The van der Waals surface area contributed by atoms with E-state index >= 15 is 0 Å². The van der Waals surface area contributed by atoms with E-state index in [2.05, 4.69) is 40.1 Å². The number of sulfone groups is 1. The van der Waals surface area contributed by atoms with E-state index in [1.807, 2.05) is 17.0 Å². The minimum absolute atomic E-state index is 0. The Hall–Kier alpha value is -2.42. The van der Waals surface area contributed by atoms with Gasteiger partial charge in [-0.1, -0.05) is 42.5 Å². The molecule has 2 aromatic carbocycles. The molecule has 0 radical (unpaired) electrons. The monoisotopic (exact) mass is 599 g/mol. The van der Waals surface area contributed by atoms with Crippen LogP contribution in [-0.2, 0) is 26.0 Å². The smallest absolute Gasteiger partial charge is 0.223 e. The SMILES string of the molecule is CS(=O)(=O)c1ccc(CN2CC3(CCN(C[C@H]4CN(C(=O)CC5CC5)C[C@@H]4c4ccccc4)CC3)CC2=O)cc1.Cl. The first-order valence-electron chi connectivity index (χ1n) is 14.8. The maximum Gasteiger partial charge on any atom is 0.223 e. The fourth-order valence-corrected chi connectivity index (χ4v) is 7.73. The van der Waals surface area contributed by atoms with Gasteiger partial charge in [0.15, 0.2) is 9.84 Å². The second kappa shape index (κ2) is 12.1. The van der Waals surface area contributed by atoms with Crippen molar-refractivity contribution in [1.82, 2.24) is 14.7 Å². The number of hydrogen-bond donors (Lipinski definition) is 0. The van der Waals surface area contributed by atoms with Crippen LogP contribution in [-0.4, -0.2) is 80.5 Å². The highest BCUT2D eigenvalue weighted by molar-refractivity contribution is 7.90. The summed E-state index contributed by atoms with van der Waals surface area (Å²) in [7, 11) is -3.23. The van der Waals surface area contributed by atoms with Gasteiger partial charge >= 0.3 is 0 Å². The highest BCUT2D eigenvalue weighted by Gasteiger charge is 2.46. The summed E-state index contributed by atoms with van der Waals surface area (Å²) in [6, 6.07) is 17.6. The summed E-state index contributed by atoms with van der Waals surface area (Å²) in [5, 5.41) is 0. The number of carbonyl (C=O) groups excluding carboxylic acids is 2. The summed E-state index contributed by atoms with van der Waals surface area (Å²) in [4.78, 5) is 32.9. The van der Waals surface area contributed by atoms with Gasteiger partial charge in [0, 0.05) is 57.7 Å². The molecule has 1 spiro atoms. The maximum atomic E-state index is 13.0. The van der Waals surface area contributed by atoms with E-state index < -0.39 is 9.84 Å². The third-order valence-electron chi connectivity index (χ3n) is 9.72. The van der Waals surface area contributed by atoms with Crippen molar-refractivity contribution in [2.24, 2.45) is 17.3 Å². The van der Waals surface area contributed by atoms with Crippen molar-refractivity contribution < 1.29 is 18.0 Å². The molecule has 1 aliphatic carbocycles. The zero-order valence-corrected chi connectivity index (χ0v) is 25.5. The van der Waals surface area contributed by atoms with E-state index in [4.69, 9.17) is 0 Å². The van der Waals surface area contributed by atoms with Gasteiger partial charge in [0.2, 0.25) is 11.8 Å². The van der Waals surface area contributed by atoms with E-state index in [1.54, 1.807) is 12.1 Å². The van der Waals surface area contributed by atoms with Crippen molar-refractivity contribution in [3.05, 3.63) is 65.7 Å². The number of amides is 2. The van der Waals surface area contributed by atoms with Gasteiger partial charge in [-0.2, -0.15) is 0 Å². The molecule has 0 bridgehead atoms. The molecule has 3 heterocycles. The van der Waals surface area contributed by atoms with E-state index in [9.17, 15) is 18.0 Å². The van der Waals surface area contributed by atoms with Crippen LogP contribution in [0.25, 0.3) is 0 Å². The lowest BCUT2D eigenvalue weighted by atomic mass is 9.77. The lowest BCUT2D eigenvalue weighted by molar-refractivity contribution is -0.130. The molecule has 3 saturated heterocycles. The molecule has 41 heavy (non-hydrogen) atoms. The topological polar surface area (TPSA) is 78.0 Å². The number of carbonyl (C=O) groups is 2. The summed E-state index contributed by atoms with van der Waals surface area (Å²) in [6.45, 7) is 5.93. The van der Waals surface area contributed by atoms with Gasteiger partial charge in [0.05, 0.1) is 4.90 Å². The van der Waals surface area contributed by atoms with Gasteiger partial charge in [-0.15, -0.1) is 12.4 Å². The van der Waals surface area contributed by atoms with Crippen LogP contribution in [0, 0.1) is 17.3 Å². The van der Waals surface area contributed by atoms with Crippen LogP contribution in [0.1, 0.15) is 55.6 Å². The fraction of sp³-hybridized carbons (Fsp3) is 0.562. The van der Waals surface area contributed by atoms with Crippen LogP contribution in [0.3, 0.4) is 0 Å². The number of benzene rings is 2. The fourth-order valence-electron chi connectivity index (χ4n) is 7.10. The van der Waals surface area contributed by atoms with Gasteiger partial charge < -0.3 is 14.7 Å². The molecule has 4 aliphatic rings. The highest BCUT2D eigenvalue weighted by atomic mass is 35.5. The molecule has 6 rings (SSSR count). The van der Waals surface area contributed by atoms with Crippen LogP contribution in [0.4, 0.5) is 0 Å². The van der Waals surface area contributed by atoms with Crippen molar-refractivity contribution in [3.8, 4) is 0 Å². The predicted molar refractivity (Wildman–Crippen MR) is 162 cm³/mol. The largest absolute Gasteiger partial charge is 0.342 e. The summed E-state index contributed by atoms with van der Waals surface area (Å²) < 4.78 is 23.5. The number of nitrogens with zero attached hydrogens (tertiary/aromatic N) is 3. The Morgan fingerprint density at radius 2 is 1.66 bits per heavy atom. The van der Waals surface area contributed by atoms with Crippen molar-refractivity contribution in [2.45, 2.75) is 55.9 Å². The number of likely N-dealkylation sites (tertiary alicyclic amines) is 3. The third-order valence-corrected chi connectivity index (χ3v) is 10.8.